The summed E-state index contributed by atoms with van der Waals surface area (Å²) in [5.74, 6) is 0. The zero-order valence-electron chi connectivity index (χ0n) is 7.62. The molecule has 0 aliphatic rings. The lowest BCUT2D eigenvalue weighted by Crippen LogP contribution is -2.15. The summed E-state index contributed by atoms with van der Waals surface area (Å²) < 4.78 is 1.40. The molecule has 0 amide bonds. The van der Waals surface area contributed by atoms with E-state index >= 15 is 0 Å². The average molecular weight is 209 g/mol. The van der Waals surface area contributed by atoms with E-state index in [1.807, 2.05) is 12.3 Å². The highest BCUT2D eigenvalue weighted by molar-refractivity contribution is 6.29. The summed E-state index contributed by atoms with van der Waals surface area (Å²) in [4.78, 5) is 14.4. The van der Waals surface area contributed by atoms with Crippen molar-refractivity contribution >= 4 is 11.6 Å². The van der Waals surface area contributed by atoms with E-state index in [1.165, 1.54) is 4.57 Å². The number of halogens is 1. The fraction of sp³-hybridized carbons (Fsp3) is 0.100. The van der Waals surface area contributed by atoms with Crippen LogP contribution in [0.4, 0.5) is 0 Å². The van der Waals surface area contributed by atoms with Crippen LogP contribution in [0.1, 0.15) is 0 Å². The summed E-state index contributed by atoms with van der Waals surface area (Å²) in [6.45, 7) is 0. The lowest BCUT2D eigenvalue weighted by atomic mass is 10.1. The monoisotopic (exact) mass is 208 g/mol. The number of hydrogen-bond acceptors (Lipinski definition) is 1. The molecular formula is C10H9ClN2O. The van der Waals surface area contributed by atoms with Crippen LogP contribution in [-0.4, -0.2) is 9.55 Å². The smallest absolute Gasteiger partial charge is 0.252 e. The third kappa shape index (κ3) is 1.46. The molecule has 0 unspecified atom stereocenters. The van der Waals surface area contributed by atoms with Gasteiger partial charge in [0.15, 0.2) is 0 Å². The second-order valence-electron chi connectivity index (χ2n) is 3.06. The molecule has 0 radical (unpaired) electrons. The summed E-state index contributed by atoms with van der Waals surface area (Å²) in [6.07, 6.45) is 3.63. The molecular weight excluding hydrogens is 200 g/mol. The Morgan fingerprint density at radius 1 is 1.36 bits per heavy atom. The van der Waals surface area contributed by atoms with Crippen LogP contribution in [0.15, 0.2) is 35.4 Å². The number of pyridine rings is 1. The molecule has 0 aliphatic heterocycles. The van der Waals surface area contributed by atoms with Crippen LogP contribution in [0.3, 0.4) is 0 Å². The van der Waals surface area contributed by atoms with Crippen molar-refractivity contribution in [2.75, 3.05) is 0 Å². The standard InChI is InChI=1S/C10H9ClN2O/c1-13-9(11)4-8(5-10(13)14)7-2-3-12-6-7/h2-6,12H,1H3. The molecule has 0 saturated heterocycles. The molecule has 0 spiro atoms. The van der Waals surface area contributed by atoms with Gasteiger partial charge in [0.05, 0.1) is 0 Å². The van der Waals surface area contributed by atoms with Gasteiger partial charge in [-0.05, 0) is 23.3 Å². The Morgan fingerprint density at radius 3 is 2.71 bits per heavy atom. The van der Waals surface area contributed by atoms with E-state index in [-0.39, 0.29) is 5.56 Å². The van der Waals surface area contributed by atoms with Gasteiger partial charge in [-0.3, -0.25) is 4.79 Å². The highest BCUT2D eigenvalue weighted by Gasteiger charge is 2.03. The molecule has 2 rings (SSSR count). The number of nitrogens with one attached hydrogen (secondary N) is 1. The van der Waals surface area contributed by atoms with E-state index in [4.69, 9.17) is 11.6 Å². The average Bonchev–Trinajstić information content (AvgIpc) is 2.66. The van der Waals surface area contributed by atoms with Crippen LogP contribution in [0, 0.1) is 0 Å². The molecule has 0 atom stereocenters. The lowest BCUT2D eigenvalue weighted by Gasteiger charge is -2.03. The first kappa shape index (κ1) is 9.09. The van der Waals surface area contributed by atoms with E-state index in [0.717, 1.165) is 11.1 Å². The highest BCUT2D eigenvalue weighted by atomic mass is 35.5. The van der Waals surface area contributed by atoms with Crippen molar-refractivity contribution in [2.24, 2.45) is 7.05 Å². The van der Waals surface area contributed by atoms with E-state index < -0.39 is 0 Å². The Bertz CT molecular complexity index is 499. The van der Waals surface area contributed by atoms with Crippen molar-refractivity contribution in [3.8, 4) is 11.1 Å². The zero-order valence-corrected chi connectivity index (χ0v) is 8.38. The maximum absolute atomic E-state index is 11.4. The molecule has 0 fully saturated rings. The van der Waals surface area contributed by atoms with Crippen LogP contribution in [0.25, 0.3) is 11.1 Å². The van der Waals surface area contributed by atoms with Crippen LogP contribution in [0.5, 0.6) is 0 Å². The normalized spacial score (nSPS) is 10.4. The minimum Gasteiger partial charge on any atom is -0.367 e. The Balaban J connectivity index is 2.63. The SMILES string of the molecule is Cn1c(Cl)cc(-c2cc[nH]c2)cc1=O. The van der Waals surface area contributed by atoms with Gasteiger partial charge in [-0.2, -0.15) is 0 Å². The van der Waals surface area contributed by atoms with Crippen LogP contribution in [0.2, 0.25) is 5.15 Å². The molecule has 0 aromatic carbocycles. The van der Waals surface area contributed by atoms with Crippen molar-refractivity contribution in [1.82, 2.24) is 9.55 Å². The van der Waals surface area contributed by atoms with Crippen molar-refractivity contribution in [2.45, 2.75) is 0 Å². The van der Waals surface area contributed by atoms with Crippen LogP contribution < -0.4 is 5.56 Å². The summed E-state index contributed by atoms with van der Waals surface area (Å²) in [5, 5.41) is 0.439. The van der Waals surface area contributed by atoms with E-state index in [9.17, 15) is 4.79 Å². The second kappa shape index (κ2) is 3.35. The van der Waals surface area contributed by atoms with Crippen molar-refractivity contribution in [3.05, 3.63) is 46.1 Å². The molecule has 0 bridgehead atoms. The summed E-state index contributed by atoms with van der Waals surface area (Å²) in [6, 6.07) is 5.23. The quantitative estimate of drug-likeness (QED) is 0.716. The Kier molecular flexibility index (Phi) is 2.17. The molecule has 1 N–H and O–H groups in total. The Morgan fingerprint density at radius 2 is 2.14 bits per heavy atom. The topological polar surface area (TPSA) is 37.8 Å². The minimum absolute atomic E-state index is 0.103. The number of nitrogens with zero attached hydrogens (tertiary/aromatic N) is 1. The minimum atomic E-state index is -0.103. The molecule has 3 nitrogen and oxygen atoms in total. The molecule has 4 heteroatoms. The largest absolute Gasteiger partial charge is 0.367 e. The van der Waals surface area contributed by atoms with Crippen molar-refractivity contribution < 1.29 is 0 Å². The number of hydrogen-bond donors (Lipinski definition) is 1. The van der Waals surface area contributed by atoms with Gasteiger partial charge in [-0.25, -0.2) is 0 Å². The van der Waals surface area contributed by atoms with Gasteiger partial charge in [0.1, 0.15) is 5.15 Å². The van der Waals surface area contributed by atoms with E-state index in [2.05, 4.69) is 4.98 Å². The number of aromatic amines is 1. The van der Waals surface area contributed by atoms with Gasteiger partial charge >= 0.3 is 0 Å². The molecule has 14 heavy (non-hydrogen) atoms. The van der Waals surface area contributed by atoms with Crippen LogP contribution in [-0.2, 0) is 7.05 Å². The third-order valence-electron chi connectivity index (χ3n) is 2.14. The fourth-order valence-electron chi connectivity index (χ4n) is 1.27. The molecule has 72 valence electrons. The maximum Gasteiger partial charge on any atom is 0.252 e. The second-order valence-corrected chi connectivity index (χ2v) is 3.45. The van der Waals surface area contributed by atoms with Crippen LogP contribution >= 0.6 is 11.6 Å². The Hall–Kier alpha value is -1.48. The maximum atomic E-state index is 11.4. The van der Waals surface area contributed by atoms with E-state index in [1.54, 1.807) is 25.4 Å². The number of aromatic nitrogens is 2. The molecule has 2 aromatic rings. The zero-order chi connectivity index (χ0) is 10.1. The molecule has 0 aliphatic carbocycles. The predicted molar refractivity (Wildman–Crippen MR) is 56.5 cm³/mol. The van der Waals surface area contributed by atoms with Gasteiger partial charge in [0.25, 0.3) is 5.56 Å². The lowest BCUT2D eigenvalue weighted by molar-refractivity contribution is 0.862. The van der Waals surface area contributed by atoms with Gasteiger partial charge in [0, 0.05) is 25.5 Å². The number of H-pyrrole nitrogens is 1. The molecule has 0 saturated carbocycles. The van der Waals surface area contributed by atoms with E-state index in [0.29, 0.717) is 5.15 Å². The first-order valence-electron chi connectivity index (χ1n) is 4.18. The van der Waals surface area contributed by atoms with Gasteiger partial charge in [0.2, 0.25) is 0 Å². The van der Waals surface area contributed by atoms with Crippen molar-refractivity contribution in [3.63, 3.8) is 0 Å². The fourth-order valence-corrected chi connectivity index (χ4v) is 1.47. The summed E-state index contributed by atoms with van der Waals surface area (Å²) >= 11 is 5.89. The summed E-state index contributed by atoms with van der Waals surface area (Å²) in [7, 11) is 1.64. The predicted octanol–water partition coefficient (Wildman–Crippen LogP) is 2.03. The first-order valence-corrected chi connectivity index (χ1v) is 4.56. The van der Waals surface area contributed by atoms with Gasteiger partial charge < -0.3 is 9.55 Å². The van der Waals surface area contributed by atoms with Crippen molar-refractivity contribution in [1.29, 1.82) is 0 Å². The highest BCUT2D eigenvalue weighted by Crippen LogP contribution is 2.19. The molecule has 2 heterocycles. The third-order valence-corrected chi connectivity index (χ3v) is 2.50. The van der Waals surface area contributed by atoms with Gasteiger partial charge in [-0.15, -0.1) is 0 Å². The van der Waals surface area contributed by atoms with Gasteiger partial charge in [-0.1, -0.05) is 11.6 Å². The molecule has 2 aromatic heterocycles. The first-order chi connectivity index (χ1) is 6.68. The summed E-state index contributed by atoms with van der Waals surface area (Å²) in [5.41, 5.74) is 1.69. The number of rotatable bonds is 1. The Labute approximate surface area is 86.0 Å².